The molecule has 1 aromatic heterocycles. The number of nitrogens with one attached hydrogen (secondary N) is 1. The minimum absolute atomic E-state index is 0.0376. The number of piperazine rings is 1. The molecule has 7 nitrogen and oxygen atoms in total. The number of nitrogens with zero attached hydrogens (tertiary/aromatic N) is 3. The lowest BCUT2D eigenvalue weighted by atomic mass is 9.96. The second-order valence-electron chi connectivity index (χ2n) is 8.26. The number of rotatable bonds is 5. The van der Waals surface area contributed by atoms with Crippen molar-refractivity contribution in [3.8, 4) is 6.07 Å². The molecule has 0 spiro atoms. The van der Waals surface area contributed by atoms with Crippen molar-refractivity contribution in [2.45, 2.75) is 44.6 Å². The van der Waals surface area contributed by atoms with Gasteiger partial charge in [-0.05, 0) is 37.7 Å². The third-order valence-corrected chi connectivity index (χ3v) is 9.28. The standard InChI is InChI=1S/C20H28N4O3S2/c21-13-17-16-3-1-2-4-18(16)28-20(17)22-19(25)5-7-23-8-10-24(11-9-23)15-6-12-29(26,27)14-15/h15H,1-12,14H2,(H,22,25)/t15-/m1/s1. The van der Waals surface area contributed by atoms with Crippen molar-refractivity contribution in [1.82, 2.24) is 9.80 Å². The van der Waals surface area contributed by atoms with Gasteiger partial charge in [0.1, 0.15) is 11.1 Å². The molecule has 1 aliphatic carbocycles. The lowest BCUT2D eigenvalue weighted by molar-refractivity contribution is -0.116. The van der Waals surface area contributed by atoms with Gasteiger partial charge in [-0.3, -0.25) is 9.69 Å². The van der Waals surface area contributed by atoms with E-state index in [4.69, 9.17) is 0 Å². The number of sulfone groups is 1. The van der Waals surface area contributed by atoms with Crippen LogP contribution in [0.3, 0.4) is 0 Å². The van der Waals surface area contributed by atoms with E-state index in [1.165, 1.54) is 4.88 Å². The molecular weight excluding hydrogens is 408 g/mol. The van der Waals surface area contributed by atoms with Gasteiger partial charge in [-0.2, -0.15) is 5.26 Å². The fourth-order valence-corrected chi connectivity index (χ4v) is 7.65. The molecule has 2 fully saturated rings. The predicted octanol–water partition coefficient (Wildman–Crippen LogP) is 1.63. The van der Waals surface area contributed by atoms with Gasteiger partial charge in [-0.1, -0.05) is 0 Å². The Morgan fingerprint density at radius 3 is 2.66 bits per heavy atom. The number of amides is 1. The SMILES string of the molecule is N#Cc1c(NC(=O)CCN2CCN([C@@H]3CCS(=O)(=O)C3)CC2)sc2c1CCCC2. The normalized spacial score (nSPS) is 24.7. The van der Waals surface area contributed by atoms with Crippen LogP contribution < -0.4 is 5.32 Å². The molecule has 0 radical (unpaired) electrons. The van der Waals surface area contributed by atoms with Gasteiger partial charge in [0.15, 0.2) is 9.84 Å². The van der Waals surface area contributed by atoms with E-state index in [9.17, 15) is 18.5 Å². The summed E-state index contributed by atoms with van der Waals surface area (Å²) in [6, 6.07) is 2.46. The highest BCUT2D eigenvalue weighted by atomic mass is 32.2. The van der Waals surface area contributed by atoms with Crippen LogP contribution in [0, 0.1) is 11.3 Å². The first-order valence-electron chi connectivity index (χ1n) is 10.5. The molecule has 158 valence electrons. The van der Waals surface area contributed by atoms with Crippen LogP contribution in [0.2, 0.25) is 0 Å². The number of hydrogen-bond acceptors (Lipinski definition) is 7. The Hall–Kier alpha value is -1.47. The van der Waals surface area contributed by atoms with Crippen molar-refractivity contribution in [3.05, 3.63) is 16.0 Å². The third kappa shape index (κ3) is 4.82. The Labute approximate surface area is 176 Å². The molecule has 0 bridgehead atoms. The molecule has 1 aromatic rings. The maximum Gasteiger partial charge on any atom is 0.226 e. The van der Waals surface area contributed by atoms with E-state index in [1.54, 1.807) is 11.3 Å². The van der Waals surface area contributed by atoms with Gasteiger partial charge >= 0.3 is 0 Å². The van der Waals surface area contributed by atoms with Crippen LogP contribution in [-0.2, 0) is 27.5 Å². The number of carbonyl (C=O) groups excluding carboxylic acids is 1. The van der Waals surface area contributed by atoms with Gasteiger partial charge in [0.05, 0.1) is 17.1 Å². The van der Waals surface area contributed by atoms with E-state index in [0.717, 1.165) is 68.8 Å². The van der Waals surface area contributed by atoms with E-state index in [-0.39, 0.29) is 11.9 Å². The molecule has 0 unspecified atom stereocenters. The number of fused-ring (bicyclic) bond motifs is 1. The molecule has 9 heteroatoms. The van der Waals surface area contributed by atoms with E-state index < -0.39 is 9.84 Å². The van der Waals surface area contributed by atoms with Crippen LogP contribution in [0.1, 0.15) is 41.7 Å². The van der Waals surface area contributed by atoms with Crippen LogP contribution in [0.25, 0.3) is 0 Å². The summed E-state index contributed by atoms with van der Waals surface area (Å²) in [5.74, 6) is 0.570. The average Bonchev–Trinajstić information content (AvgIpc) is 3.25. The molecule has 1 atom stereocenters. The fourth-order valence-electron chi connectivity index (χ4n) is 4.64. The summed E-state index contributed by atoms with van der Waals surface area (Å²) in [4.78, 5) is 18.3. The highest BCUT2D eigenvalue weighted by Gasteiger charge is 2.33. The van der Waals surface area contributed by atoms with Crippen molar-refractivity contribution in [2.75, 3.05) is 49.5 Å². The van der Waals surface area contributed by atoms with E-state index in [0.29, 0.717) is 30.0 Å². The topological polar surface area (TPSA) is 93.5 Å². The molecule has 2 aliphatic heterocycles. The Morgan fingerprint density at radius 2 is 1.97 bits per heavy atom. The zero-order valence-electron chi connectivity index (χ0n) is 16.7. The number of carbonyl (C=O) groups is 1. The number of hydrogen-bond donors (Lipinski definition) is 1. The Morgan fingerprint density at radius 1 is 1.21 bits per heavy atom. The van der Waals surface area contributed by atoms with Crippen LogP contribution in [-0.4, -0.2) is 74.4 Å². The third-order valence-electron chi connectivity index (χ3n) is 6.32. The summed E-state index contributed by atoms with van der Waals surface area (Å²) in [5, 5.41) is 13.2. The lowest BCUT2D eigenvalue weighted by Crippen LogP contribution is -2.51. The average molecular weight is 437 g/mol. The minimum atomic E-state index is -2.85. The molecule has 3 heterocycles. The van der Waals surface area contributed by atoms with Crippen LogP contribution in [0.4, 0.5) is 5.00 Å². The molecule has 1 N–H and O–H groups in total. The maximum absolute atomic E-state index is 12.5. The number of anilines is 1. The second-order valence-corrected chi connectivity index (χ2v) is 11.6. The molecular formula is C20H28N4O3S2. The van der Waals surface area contributed by atoms with E-state index in [2.05, 4.69) is 21.2 Å². The highest BCUT2D eigenvalue weighted by molar-refractivity contribution is 7.91. The van der Waals surface area contributed by atoms with Gasteiger partial charge in [0, 0.05) is 50.1 Å². The summed E-state index contributed by atoms with van der Waals surface area (Å²) in [5.41, 5.74) is 1.81. The fraction of sp³-hybridized carbons (Fsp3) is 0.700. The summed E-state index contributed by atoms with van der Waals surface area (Å²) in [7, 11) is -2.85. The molecule has 0 aromatic carbocycles. The quantitative estimate of drug-likeness (QED) is 0.754. The zero-order valence-corrected chi connectivity index (χ0v) is 18.3. The van der Waals surface area contributed by atoms with Gasteiger partial charge in [-0.15, -0.1) is 11.3 Å². The van der Waals surface area contributed by atoms with E-state index in [1.807, 2.05) is 0 Å². The van der Waals surface area contributed by atoms with Gasteiger partial charge < -0.3 is 10.2 Å². The molecule has 0 saturated carbocycles. The van der Waals surface area contributed by atoms with Crippen molar-refractivity contribution >= 4 is 32.1 Å². The number of nitriles is 1. The van der Waals surface area contributed by atoms with Crippen molar-refractivity contribution in [2.24, 2.45) is 0 Å². The first kappa shape index (κ1) is 20.8. The summed E-state index contributed by atoms with van der Waals surface area (Å²) in [6.45, 7) is 4.13. The highest BCUT2D eigenvalue weighted by Crippen LogP contribution is 2.37. The Kier molecular flexibility index (Phi) is 6.25. The molecule has 2 saturated heterocycles. The monoisotopic (exact) mass is 436 g/mol. The Balaban J connectivity index is 1.24. The first-order chi connectivity index (χ1) is 13.9. The predicted molar refractivity (Wildman–Crippen MR) is 114 cm³/mol. The van der Waals surface area contributed by atoms with Crippen LogP contribution in [0.15, 0.2) is 0 Å². The van der Waals surface area contributed by atoms with Gasteiger partial charge in [0.2, 0.25) is 5.91 Å². The second kappa shape index (κ2) is 8.72. The van der Waals surface area contributed by atoms with Crippen LogP contribution >= 0.6 is 11.3 Å². The van der Waals surface area contributed by atoms with Crippen molar-refractivity contribution in [1.29, 1.82) is 5.26 Å². The number of thiophene rings is 1. The first-order valence-corrected chi connectivity index (χ1v) is 13.1. The lowest BCUT2D eigenvalue weighted by Gasteiger charge is -2.37. The van der Waals surface area contributed by atoms with Gasteiger partial charge in [0.25, 0.3) is 0 Å². The van der Waals surface area contributed by atoms with E-state index >= 15 is 0 Å². The van der Waals surface area contributed by atoms with Crippen LogP contribution in [0.5, 0.6) is 0 Å². The minimum Gasteiger partial charge on any atom is -0.317 e. The van der Waals surface area contributed by atoms with Crippen molar-refractivity contribution in [3.63, 3.8) is 0 Å². The zero-order chi connectivity index (χ0) is 20.4. The summed E-state index contributed by atoms with van der Waals surface area (Å²) >= 11 is 1.57. The summed E-state index contributed by atoms with van der Waals surface area (Å²) < 4.78 is 23.4. The molecule has 4 rings (SSSR count). The summed E-state index contributed by atoms with van der Waals surface area (Å²) in [6.07, 6.45) is 5.38. The smallest absolute Gasteiger partial charge is 0.226 e. The van der Waals surface area contributed by atoms with Crippen molar-refractivity contribution < 1.29 is 13.2 Å². The largest absolute Gasteiger partial charge is 0.317 e. The maximum atomic E-state index is 12.5. The molecule has 1 amide bonds. The molecule has 29 heavy (non-hydrogen) atoms. The molecule has 3 aliphatic rings. The number of aryl methyl sites for hydroxylation is 1. The van der Waals surface area contributed by atoms with Gasteiger partial charge in [-0.25, -0.2) is 8.42 Å². The Bertz CT molecular complexity index is 911.